The summed E-state index contributed by atoms with van der Waals surface area (Å²) in [5, 5.41) is 21.4. The Hall–Kier alpha value is -3.40. The van der Waals surface area contributed by atoms with Crippen LogP contribution in [0.25, 0.3) is 22.0 Å². The van der Waals surface area contributed by atoms with Crippen molar-refractivity contribution in [3.8, 4) is 17.0 Å². The molecule has 1 aromatic heterocycles. The van der Waals surface area contributed by atoms with Gasteiger partial charge in [0.25, 0.3) is 0 Å². The number of aromatic nitrogens is 2. The summed E-state index contributed by atoms with van der Waals surface area (Å²) in [5.74, 6) is 1.18. The van der Waals surface area contributed by atoms with Gasteiger partial charge in [0.2, 0.25) is 0 Å². The highest BCUT2D eigenvalue weighted by atomic mass is 16.3. The average Bonchev–Trinajstić information content (AvgIpc) is 3.01. The molecule has 4 heteroatoms. The van der Waals surface area contributed by atoms with Gasteiger partial charge in [-0.1, -0.05) is 55.0 Å². The van der Waals surface area contributed by atoms with Gasteiger partial charge < -0.3 is 10.0 Å². The summed E-state index contributed by atoms with van der Waals surface area (Å²) in [7, 11) is 2.15. The summed E-state index contributed by atoms with van der Waals surface area (Å²) in [6, 6.07) is 22.9. The third-order valence-corrected chi connectivity index (χ3v) is 6.52. The van der Waals surface area contributed by atoms with Gasteiger partial charge in [0.1, 0.15) is 11.4 Å². The molecule has 1 aliphatic rings. The second-order valence-corrected chi connectivity index (χ2v) is 8.49. The highest BCUT2D eigenvalue weighted by Crippen LogP contribution is 2.39. The number of aryl methyl sites for hydroxylation is 2. The molecule has 0 saturated heterocycles. The number of benzene rings is 3. The molecule has 1 N–H and O–H groups in total. The number of rotatable bonds is 3. The molecule has 0 radical (unpaired) electrons. The van der Waals surface area contributed by atoms with Crippen LogP contribution < -0.4 is 4.90 Å². The van der Waals surface area contributed by atoms with E-state index in [4.69, 9.17) is 5.10 Å². The maximum atomic E-state index is 9.82. The fourth-order valence-electron chi connectivity index (χ4n) is 4.91. The zero-order valence-electron chi connectivity index (χ0n) is 18.0. The molecule has 4 aromatic rings. The lowest BCUT2D eigenvalue weighted by Gasteiger charge is -2.30. The summed E-state index contributed by atoms with van der Waals surface area (Å²) in [6.07, 6.45) is 4.70. The molecule has 156 valence electrons. The Bertz CT molecular complexity index is 1250. The number of nitrogens with zero attached hydrogens (tertiary/aromatic N) is 3. The van der Waals surface area contributed by atoms with Crippen molar-refractivity contribution in [2.24, 2.45) is 0 Å². The molecular formula is C27H27N3O. The average molecular weight is 410 g/mol. The van der Waals surface area contributed by atoms with Crippen molar-refractivity contribution >= 4 is 16.6 Å². The van der Waals surface area contributed by atoms with Crippen LogP contribution in [-0.4, -0.2) is 22.4 Å². The van der Waals surface area contributed by atoms with E-state index in [-0.39, 0.29) is 11.8 Å². The minimum atomic E-state index is 0.266. The molecule has 0 aliphatic heterocycles. The first kappa shape index (κ1) is 19.6. The summed E-state index contributed by atoms with van der Waals surface area (Å²) < 4.78 is 0. The Kier molecular flexibility index (Phi) is 5.06. The molecule has 0 spiro atoms. The van der Waals surface area contributed by atoms with E-state index in [1.807, 2.05) is 19.1 Å². The zero-order chi connectivity index (χ0) is 21.4. The van der Waals surface area contributed by atoms with Crippen LogP contribution in [0.5, 0.6) is 5.75 Å². The van der Waals surface area contributed by atoms with E-state index in [1.54, 1.807) is 12.1 Å². The Balaban J connectivity index is 1.64. The van der Waals surface area contributed by atoms with E-state index < -0.39 is 0 Å². The van der Waals surface area contributed by atoms with Crippen molar-refractivity contribution in [3.05, 3.63) is 83.4 Å². The predicted molar refractivity (Wildman–Crippen MR) is 127 cm³/mol. The van der Waals surface area contributed by atoms with E-state index in [2.05, 4.69) is 59.5 Å². The van der Waals surface area contributed by atoms with Crippen LogP contribution in [0.4, 0.5) is 5.82 Å². The highest BCUT2D eigenvalue weighted by Gasteiger charge is 2.25. The number of phenols is 1. The molecule has 1 heterocycles. The number of hydrogen-bond donors (Lipinski definition) is 1. The number of hydrogen-bond acceptors (Lipinski definition) is 4. The number of phenolic OH excluding ortho intramolecular Hbond substituents is 1. The van der Waals surface area contributed by atoms with Crippen LogP contribution in [0, 0.1) is 6.92 Å². The van der Waals surface area contributed by atoms with Crippen molar-refractivity contribution in [3.63, 3.8) is 0 Å². The van der Waals surface area contributed by atoms with Crippen molar-refractivity contribution < 1.29 is 5.11 Å². The van der Waals surface area contributed by atoms with Crippen molar-refractivity contribution in [2.45, 2.75) is 38.6 Å². The molecule has 0 saturated carbocycles. The smallest absolute Gasteiger partial charge is 0.159 e. The van der Waals surface area contributed by atoms with Gasteiger partial charge in [-0.3, -0.25) is 0 Å². The van der Waals surface area contributed by atoms with Gasteiger partial charge in [-0.25, -0.2) is 0 Å². The van der Waals surface area contributed by atoms with E-state index in [1.165, 1.54) is 24.0 Å². The molecule has 0 bridgehead atoms. The Labute approximate surface area is 183 Å². The first-order valence-electron chi connectivity index (χ1n) is 11.0. The van der Waals surface area contributed by atoms with Crippen LogP contribution in [0.3, 0.4) is 0 Å². The third kappa shape index (κ3) is 3.52. The maximum absolute atomic E-state index is 9.82. The molecule has 0 amide bonds. The SMILES string of the molecule is Cc1cc(O)ccc1-c1nnc(N(C)C2CCCCc3ccccc32)c2ccccc12. The molecule has 3 aromatic carbocycles. The molecule has 4 nitrogen and oxygen atoms in total. The van der Waals surface area contributed by atoms with E-state index in [0.717, 1.165) is 46.3 Å². The van der Waals surface area contributed by atoms with Gasteiger partial charge in [-0.05, 0) is 61.1 Å². The van der Waals surface area contributed by atoms with E-state index >= 15 is 0 Å². The summed E-state index contributed by atoms with van der Waals surface area (Å²) in [4.78, 5) is 2.31. The molecule has 31 heavy (non-hydrogen) atoms. The first-order chi connectivity index (χ1) is 15.1. The van der Waals surface area contributed by atoms with Crippen LogP contribution in [0.1, 0.15) is 42.0 Å². The standard InChI is InChI=1S/C27H27N3O/c1-18-17-20(31)15-16-21(18)26-23-12-6-7-13-24(23)27(29-28-26)30(2)25-14-8-4-10-19-9-3-5-11-22(19)25/h3,5-7,9,11-13,15-17,25,31H,4,8,10,14H2,1-2H3. The van der Waals surface area contributed by atoms with E-state index in [9.17, 15) is 5.11 Å². The molecule has 1 atom stereocenters. The monoisotopic (exact) mass is 409 g/mol. The van der Waals surface area contributed by atoms with Crippen molar-refractivity contribution in [1.82, 2.24) is 10.2 Å². The fourth-order valence-corrected chi connectivity index (χ4v) is 4.91. The Morgan fingerprint density at radius 3 is 2.52 bits per heavy atom. The zero-order valence-corrected chi connectivity index (χ0v) is 18.0. The second kappa shape index (κ2) is 8.03. The fraction of sp³-hybridized carbons (Fsp3) is 0.259. The van der Waals surface area contributed by atoms with Gasteiger partial charge in [-0.2, -0.15) is 0 Å². The number of aromatic hydroxyl groups is 1. The highest BCUT2D eigenvalue weighted by molar-refractivity contribution is 6.00. The largest absolute Gasteiger partial charge is 0.508 e. The summed E-state index contributed by atoms with van der Waals surface area (Å²) in [5.41, 5.74) is 5.69. The molecule has 1 aliphatic carbocycles. The first-order valence-corrected chi connectivity index (χ1v) is 11.0. The Morgan fingerprint density at radius 2 is 1.68 bits per heavy atom. The molecular weight excluding hydrogens is 382 g/mol. The van der Waals surface area contributed by atoms with Crippen LogP contribution in [0.15, 0.2) is 66.7 Å². The topological polar surface area (TPSA) is 49.3 Å². The van der Waals surface area contributed by atoms with Crippen LogP contribution >= 0.6 is 0 Å². The van der Waals surface area contributed by atoms with Crippen LogP contribution in [0.2, 0.25) is 0 Å². The van der Waals surface area contributed by atoms with Gasteiger partial charge in [0.15, 0.2) is 5.82 Å². The summed E-state index contributed by atoms with van der Waals surface area (Å²) in [6.45, 7) is 1.99. The van der Waals surface area contributed by atoms with Crippen molar-refractivity contribution in [2.75, 3.05) is 11.9 Å². The minimum absolute atomic E-state index is 0.266. The van der Waals surface area contributed by atoms with E-state index in [0.29, 0.717) is 0 Å². The molecule has 0 fully saturated rings. The normalized spacial score (nSPS) is 16.0. The van der Waals surface area contributed by atoms with Crippen molar-refractivity contribution in [1.29, 1.82) is 0 Å². The minimum Gasteiger partial charge on any atom is -0.508 e. The third-order valence-electron chi connectivity index (χ3n) is 6.52. The van der Waals surface area contributed by atoms with Gasteiger partial charge in [0, 0.05) is 23.4 Å². The van der Waals surface area contributed by atoms with Crippen LogP contribution in [-0.2, 0) is 6.42 Å². The van der Waals surface area contributed by atoms with Gasteiger partial charge in [-0.15, -0.1) is 10.2 Å². The quantitative estimate of drug-likeness (QED) is 0.408. The van der Waals surface area contributed by atoms with Gasteiger partial charge in [0.05, 0.1) is 6.04 Å². The summed E-state index contributed by atoms with van der Waals surface area (Å²) >= 11 is 0. The second-order valence-electron chi connectivity index (χ2n) is 8.49. The number of anilines is 1. The predicted octanol–water partition coefficient (Wildman–Crippen LogP) is 6.21. The maximum Gasteiger partial charge on any atom is 0.159 e. The van der Waals surface area contributed by atoms with Gasteiger partial charge >= 0.3 is 0 Å². The molecule has 1 unspecified atom stereocenters. The number of fused-ring (bicyclic) bond motifs is 2. The molecule has 5 rings (SSSR count). The lowest BCUT2D eigenvalue weighted by atomic mass is 9.97. The lowest BCUT2D eigenvalue weighted by molar-refractivity contribution is 0.475. The Morgan fingerprint density at radius 1 is 0.903 bits per heavy atom. The lowest BCUT2D eigenvalue weighted by Crippen LogP contribution is -2.26.